The van der Waals surface area contributed by atoms with Gasteiger partial charge in [0.15, 0.2) is 0 Å². The highest BCUT2D eigenvalue weighted by atomic mass is 16.3. The largest absolute Gasteiger partial charge is 0.387 e. The summed E-state index contributed by atoms with van der Waals surface area (Å²) in [5, 5.41) is 13.2. The molecule has 0 fully saturated rings. The number of hydrogen-bond donors (Lipinski definition) is 3. The van der Waals surface area contributed by atoms with Gasteiger partial charge in [0.1, 0.15) is 5.82 Å². The summed E-state index contributed by atoms with van der Waals surface area (Å²) >= 11 is 0. The number of β-amino-alcohol motifs (C(OH)–C–C–N with tert-alkyl or cyclic N) is 1. The smallest absolute Gasteiger partial charge is 0.129 e. The van der Waals surface area contributed by atoms with Crippen LogP contribution in [0.2, 0.25) is 0 Å². The van der Waals surface area contributed by atoms with Gasteiger partial charge in [-0.2, -0.15) is 0 Å². The molecule has 0 amide bonds. The van der Waals surface area contributed by atoms with Crippen molar-refractivity contribution in [2.24, 2.45) is 0 Å². The molecule has 4 heteroatoms. The second-order valence-electron chi connectivity index (χ2n) is 5.13. The van der Waals surface area contributed by atoms with Crippen molar-refractivity contribution in [1.29, 1.82) is 0 Å². The molecule has 1 rings (SSSR count). The van der Waals surface area contributed by atoms with Gasteiger partial charge in [0.25, 0.3) is 0 Å². The number of anilines is 1. The van der Waals surface area contributed by atoms with Crippen molar-refractivity contribution in [3.8, 4) is 0 Å². The van der Waals surface area contributed by atoms with Gasteiger partial charge in [0, 0.05) is 23.8 Å². The van der Waals surface area contributed by atoms with Gasteiger partial charge in [-0.05, 0) is 39.3 Å². The average molecular weight is 223 g/mol. The highest BCUT2D eigenvalue weighted by molar-refractivity contribution is 5.42. The van der Waals surface area contributed by atoms with Crippen molar-refractivity contribution in [2.45, 2.75) is 39.3 Å². The number of aliphatic hydroxyl groups is 1. The summed E-state index contributed by atoms with van der Waals surface area (Å²) in [6.45, 7) is 8.56. The Bertz CT molecular complexity index is 358. The van der Waals surface area contributed by atoms with Gasteiger partial charge in [-0.15, -0.1) is 0 Å². The first-order valence-electron chi connectivity index (χ1n) is 5.45. The fourth-order valence-electron chi connectivity index (χ4n) is 1.38. The molecule has 0 radical (unpaired) electrons. The van der Waals surface area contributed by atoms with Crippen LogP contribution >= 0.6 is 0 Å². The van der Waals surface area contributed by atoms with E-state index in [4.69, 9.17) is 5.73 Å². The molecular weight excluding hydrogens is 202 g/mol. The van der Waals surface area contributed by atoms with E-state index in [1.807, 2.05) is 13.0 Å². The maximum Gasteiger partial charge on any atom is 0.129 e. The maximum atomic E-state index is 10.0. The third-order valence-corrected chi connectivity index (χ3v) is 2.27. The zero-order chi connectivity index (χ0) is 12.3. The first-order chi connectivity index (χ1) is 7.29. The Labute approximate surface area is 96.9 Å². The van der Waals surface area contributed by atoms with Gasteiger partial charge >= 0.3 is 0 Å². The Kier molecular flexibility index (Phi) is 3.88. The quantitative estimate of drug-likeness (QED) is 0.724. The van der Waals surface area contributed by atoms with E-state index >= 15 is 0 Å². The Morgan fingerprint density at radius 2 is 2.12 bits per heavy atom. The third-order valence-electron chi connectivity index (χ3n) is 2.27. The third kappa shape index (κ3) is 3.79. The average Bonchev–Trinajstić information content (AvgIpc) is 2.17. The number of nitrogens with two attached hydrogens (primary N) is 1. The van der Waals surface area contributed by atoms with Crippen LogP contribution in [0.25, 0.3) is 0 Å². The molecule has 1 unspecified atom stereocenters. The van der Waals surface area contributed by atoms with Crippen LogP contribution in [0.15, 0.2) is 12.3 Å². The van der Waals surface area contributed by atoms with Crippen molar-refractivity contribution < 1.29 is 5.11 Å². The van der Waals surface area contributed by atoms with E-state index < -0.39 is 6.10 Å². The lowest BCUT2D eigenvalue weighted by Gasteiger charge is -2.23. The number of nitrogens with zero attached hydrogens (tertiary/aromatic N) is 1. The molecule has 1 heterocycles. The Morgan fingerprint density at radius 3 is 2.69 bits per heavy atom. The van der Waals surface area contributed by atoms with Gasteiger partial charge in [-0.1, -0.05) is 0 Å². The summed E-state index contributed by atoms with van der Waals surface area (Å²) in [4.78, 5) is 4.03. The lowest BCUT2D eigenvalue weighted by molar-refractivity contribution is 0.163. The van der Waals surface area contributed by atoms with E-state index in [1.54, 1.807) is 6.20 Å². The van der Waals surface area contributed by atoms with Crippen LogP contribution in [-0.4, -0.2) is 22.2 Å². The zero-order valence-corrected chi connectivity index (χ0v) is 10.4. The lowest BCUT2D eigenvalue weighted by Crippen LogP contribution is -2.38. The predicted octanol–water partition coefficient (Wildman–Crippen LogP) is 1.39. The van der Waals surface area contributed by atoms with Gasteiger partial charge < -0.3 is 16.2 Å². The molecule has 0 aliphatic rings. The fraction of sp³-hybridized carbons (Fsp3) is 0.583. The number of rotatable bonds is 3. The molecule has 90 valence electrons. The number of aromatic nitrogens is 1. The van der Waals surface area contributed by atoms with E-state index in [0.717, 1.165) is 5.56 Å². The fourth-order valence-corrected chi connectivity index (χ4v) is 1.38. The molecule has 0 aromatic carbocycles. The number of aryl methyl sites for hydroxylation is 1. The Balaban J connectivity index is 2.73. The van der Waals surface area contributed by atoms with E-state index in [-0.39, 0.29) is 5.54 Å². The highest BCUT2D eigenvalue weighted by Crippen LogP contribution is 2.19. The lowest BCUT2D eigenvalue weighted by atomic mass is 10.1. The minimum Gasteiger partial charge on any atom is -0.387 e. The predicted molar refractivity (Wildman–Crippen MR) is 66.1 cm³/mol. The highest BCUT2D eigenvalue weighted by Gasteiger charge is 2.16. The van der Waals surface area contributed by atoms with Gasteiger partial charge in [-0.3, -0.25) is 0 Å². The van der Waals surface area contributed by atoms with Crippen molar-refractivity contribution >= 4 is 5.82 Å². The summed E-state index contributed by atoms with van der Waals surface area (Å²) in [6.07, 6.45) is 1.08. The molecule has 0 saturated carbocycles. The van der Waals surface area contributed by atoms with Crippen LogP contribution in [0.1, 0.15) is 38.0 Å². The van der Waals surface area contributed by atoms with Crippen LogP contribution in [0.5, 0.6) is 0 Å². The van der Waals surface area contributed by atoms with Gasteiger partial charge in [0.05, 0.1) is 6.10 Å². The topological polar surface area (TPSA) is 71.2 Å². The van der Waals surface area contributed by atoms with E-state index in [2.05, 4.69) is 31.1 Å². The SMILES string of the molecule is Cc1cnc(N)c(C(O)CNC(C)(C)C)c1. The van der Waals surface area contributed by atoms with Crippen LogP contribution in [0, 0.1) is 6.92 Å². The second kappa shape index (κ2) is 4.80. The molecule has 1 atom stereocenters. The standard InChI is InChI=1S/C12H21N3O/c1-8-5-9(11(13)14-6-8)10(16)7-15-12(2,3)4/h5-6,10,15-16H,7H2,1-4H3,(H2,13,14). The molecule has 1 aromatic rings. The van der Waals surface area contributed by atoms with Crippen molar-refractivity contribution in [1.82, 2.24) is 10.3 Å². The monoisotopic (exact) mass is 223 g/mol. The van der Waals surface area contributed by atoms with Crippen LogP contribution in [0.3, 0.4) is 0 Å². The van der Waals surface area contributed by atoms with E-state index in [9.17, 15) is 5.11 Å². The number of pyridine rings is 1. The van der Waals surface area contributed by atoms with Crippen LogP contribution in [0.4, 0.5) is 5.82 Å². The molecule has 16 heavy (non-hydrogen) atoms. The van der Waals surface area contributed by atoms with Crippen molar-refractivity contribution in [2.75, 3.05) is 12.3 Å². The van der Waals surface area contributed by atoms with Crippen molar-refractivity contribution in [3.63, 3.8) is 0 Å². The summed E-state index contributed by atoms with van der Waals surface area (Å²) in [7, 11) is 0. The minimum atomic E-state index is -0.619. The Hall–Kier alpha value is -1.13. The zero-order valence-electron chi connectivity index (χ0n) is 10.4. The summed E-state index contributed by atoms with van der Waals surface area (Å²) in [5.74, 6) is 0.397. The molecule has 0 aliphatic heterocycles. The molecule has 1 aromatic heterocycles. The minimum absolute atomic E-state index is 0.0208. The summed E-state index contributed by atoms with van der Waals surface area (Å²) in [6, 6.07) is 1.87. The molecule has 0 aliphatic carbocycles. The molecule has 0 spiro atoms. The van der Waals surface area contributed by atoms with Gasteiger partial charge in [0.2, 0.25) is 0 Å². The van der Waals surface area contributed by atoms with Crippen molar-refractivity contribution in [3.05, 3.63) is 23.4 Å². The first-order valence-corrected chi connectivity index (χ1v) is 5.45. The molecule has 4 N–H and O–H groups in total. The Morgan fingerprint density at radius 1 is 1.50 bits per heavy atom. The van der Waals surface area contributed by atoms with Crippen LogP contribution < -0.4 is 11.1 Å². The molecule has 0 saturated heterocycles. The molecule has 0 bridgehead atoms. The van der Waals surface area contributed by atoms with E-state index in [1.165, 1.54) is 0 Å². The molecular formula is C12H21N3O. The summed E-state index contributed by atoms with van der Waals surface area (Å²) in [5.41, 5.74) is 7.40. The number of aliphatic hydroxyl groups excluding tert-OH is 1. The second-order valence-corrected chi connectivity index (χ2v) is 5.13. The number of hydrogen-bond acceptors (Lipinski definition) is 4. The van der Waals surface area contributed by atoms with Gasteiger partial charge in [-0.25, -0.2) is 4.98 Å². The maximum absolute atomic E-state index is 10.0. The normalized spacial score (nSPS) is 13.8. The first kappa shape index (κ1) is 12.9. The molecule has 4 nitrogen and oxygen atoms in total. The number of nitrogen functional groups attached to an aromatic ring is 1. The van der Waals surface area contributed by atoms with Crippen LogP contribution in [-0.2, 0) is 0 Å². The van der Waals surface area contributed by atoms with E-state index in [0.29, 0.717) is 17.9 Å². The summed E-state index contributed by atoms with van der Waals surface area (Å²) < 4.78 is 0. The number of nitrogens with one attached hydrogen (secondary N) is 1.